The minimum atomic E-state index is -4.52. The fourth-order valence-corrected chi connectivity index (χ4v) is 0.982. The lowest BCUT2D eigenvalue weighted by atomic mass is 10.3. The average molecular weight is 208 g/mol. The molecule has 13 heavy (non-hydrogen) atoms. The van der Waals surface area contributed by atoms with Crippen LogP contribution in [0.1, 0.15) is 11.4 Å². The van der Waals surface area contributed by atoms with Crippen LogP contribution in [0.5, 0.6) is 0 Å². The molecule has 1 heterocycles. The highest BCUT2D eigenvalue weighted by Crippen LogP contribution is 2.32. The van der Waals surface area contributed by atoms with Crippen LogP contribution in [0.25, 0.3) is 6.08 Å². The first-order chi connectivity index (χ1) is 5.95. The molecule has 0 aliphatic carbocycles. The molecule has 0 atom stereocenters. The molecule has 0 saturated heterocycles. The zero-order valence-corrected chi connectivity index (χ0v) is 7.15. The first kappa shape index (κ1) is 10.1. The van der Waals surface area contributed by atoms with Crippen LogP contribution in [0.15, 0.2) is 18.7 Å². The summed E-state index contributed by atoms with van der Waals surface area (Å²) < 4.78 is 36.6. The number of nitrogens with zero attached hydrogens (tertiary/aromatic N) is 1. The first-order valence-corrected chi connectivity index (χ1v) is 3.69. The molecule has 70 valence electrons. The molecule has 1 nitrogen and oxygen atoms in total. The molecular formula is C8H5ClF3N. The molecule has 0 spiro atoms. The van der Waals surface area contributed by atoms with Gasteiger partial charge in [0.25, 0.3) is 0 Å². The Balaban J connectivity index is 3.27. The molecule has 1 aromatic heterocycles. The van der Waals surface area contributed by atoms with Crippen molar-refractivity contribution >= 4 is 17.7 Å². The second-order valence-corrected chi connectivity index (χ2v) is 2.68. The van der Waals surface area contributed by atoms with Crippen molar-refractivity contribution in [2.75, 3.05) is 0 Å². The highest BCUT2D eigenvalue weighted by Gasteiger charge is 2.35. The lowest BCUT2D eigenvalue weighted by molar-refractivity contribution is -0.141. The minimum Gasteiger partial charge on any atom is -0.242 e. The summed E-state index contributed by atoms with van der Waals surface area (Å²) in [7, 11) is 0. The van der Waals surface area contributed by atoms with Gasteiger partial charge in [-0.2, -0.15) is 13.2 Å². The zero-order chi connectivity index (χ0) is 10.1. The van der Waals surface area contributed by atoms with E-state index < -0.39 is 16.9 Å². The molecule has 0 aliphatic rings. The van der Waals surface area contributed by atoms with Crippen molar-refractivity contribution in [2.24, 2.45) is 0 Å². The monoisotopic (exact) mass is 207 g/mol. The van der Waals surface area contributed by atoms with Gasteiger partial charge in [-0.05, 0) is 18.2 Å². The van der Waals surface area contributed by atoms with Gasteiger partial charge in [-0.3, -0.25) is 0 Å². The fraction of sp³-hybridized carbons (Fsp3) is 0.125. The largest absolute Gasteiger partial charge is 0.434 e. The maximum atomic E-state index is 12.2. The van der Waals surface area contributed by atoms with Gasteiger partial charge in [0.1, 0.15) is 0 Å². The summed E-state index contributed by atoms with van der Waals surface area (Å²) in [5.74, 6) is 0. The molecule has 0 N–H and O–H groups in total. The summed E-state index contributed by atoms with van der Waals surface area (Å²) in [5, 5.41) is -0.405. The van der Waals surface area contributed by atoms with E-state index in [1.807, 2.05) is 0 Å². The summed E-state index contributed by atoms with van der Waals surface area (Å²) in [6, 6.07) is 2.51. The average Bonchev–Trinajstić information content (AvgIpc) is 2.03. The number of rotatable bonds is 1. The third kappa shape index (κ3) is 2.21. The predicted molar refractivity (Wildman–Crippen MR) is 44.3 cm³/mol. The van der Waals surface area contributed by atoms with Crippen molar-refractivity contribution in [3.05, 3.63) is 35.1 Å². The normalized spacial score (nSPS) is 11.4. The Morgan fingerprint density at radius 3 is 2.46 bits per heavy atom. The maximum absolute atomic E-state index is 12.2. The van der Waals surface area contributed by atoms with E-state index in [1.54, 1.807) is 0 Å². The van der Waals surface area contributed by atoms with Crippen LogP contribution in [0.4, 0.5) is 13.2 Å². The number of pyridine rings is 1. The Morgan fingerprint density at radius 1 is 1.38 bits per heavy atom. The van der Waals surface area contributed by atoms with Gasteiger partial charge >= 0.3 is 6.18 Å². The molecule has 1 aromatic rings. The van der Waals surface area contributed by atoms with Gasteiger partial charge in [0.2, 0.25) is 0 Å². The molecule has 0 bridgehead atoms. The van der Waals surface area contributed by atoms with Crippen LogP contribution < -0.4 is 0 Å². The predicted octanol–water partition coefficient (Wildman–Crippen LogP) is 3.40. The van der Waals surface area contributed by atoms with Crippen molar-refractivity contribution < 1.29 is 13.2 Å². The molecular weight excluding hydrogens is 203 g/mol. The topological polar surface area (TPSA) is 12.9 Å². The number of alkyl halides is 3. The van der Waals surface area contributed by atoms with Gasteiger partial charge in [-0.15, -0.1) is 0 Å². The fourth-order valence-electron chi connectivity index (χ4n) is 0.770. The van der Waals surface area contributed by atoms with Crippen LogP contribution in [0.2, 0.25) is 5.02 Å². The third-order valence-electron chi connectivity index (χ3n) is 1.35. The SMILES string of the molecule is C=Cc1ccc(Cl)c(C(F)(F)F)n1. The van der Waals surface area contributed by atoms with E-state index in [2.05, 4.69) is 11.6 Å². The van der Waals surface area contributed by atoms with Crippen LogP contribution in [-0.4, -0.2) is 4.98 Å². The van der Waals surface area contributed by atoms with Gasteiger partial charge in [0.05, 0.1) is 10.7 Å². The first-order valence-electron chi connectivity index (χ1n) is 3.31. The van der Waals surface area contributed by atoms with Crippen LogP contribution in [0, 0.1) is 0 Å². The number of aromatic nitrogens is 1. The zero-order valence-electron chi connectivity index (χ0n) is 6.40. The Morgan fingerprint density at radius 2 is 2.00 bits per heavy atom. The Hall–Kier alpha value is -1.03. The number of halogens is 4. The second kappa shape index (κ2) is 3.38. The summed E-state index contributed by atoms with van der Waals surface area (Å²) in [5.41, 5.74) is -0.928. The Bertz CT molecular complexity index is 333. The second-order valence-electron chi connectivity index (χ2n) is 2.27. The molecule has 0 radical (unpaired) electrons. The van der Waals surface area contributed by atoms with E-state index >= 15 is 0 Å². The van der Waals surface area contributed by atoms with E-state index in [1.165, 1.54) is 12.1 Å². The maximum Gasteiger partial charge on any atom is 0.434 e. The summed E-state index contributed by atoms with van der Waals surface area (Å²) in [6.45, 7) is 3.31. The van der Waals surface area contributed by atoms with E-state index in [4.69, 9.17) is 11.6 Å². The molecule has 0 unspecified atom stereocenters. The third-order valence-corrected chi connectivity index (χ3v) is 1.65. The lowest BCUT2D eigenvalue weighted by Crippen LogP contribution is -2.09. The molecule has 0 saturated carbocycles. The molecule has 0 amide bonds. The van der Waals surface area contributed by atoms with Gasteiger partial charge in [0, 0.05) is 0 Å². The van der Waals surface area contributed by atoms with Crippen molar-refractivity contribution in [3.8, 4) is 0 Å². The summed E-state index contributed by atoms with van der Waals surface area (Å²) >= 11 is 5.32. The summed E-state index contributed by atoms with van der Waals surface area (Å²) in [4.78, 5) is 3.29. The molecule has 0 aliphatic heterocycles. The van der Waals surface area contributed by atoms with Gasteiger partial charge < -0.3 is 0 Å². The Kier molecular flexibility index (Phi) is 2.61. The Labute approximate surface area is 77.9 Å². The van der Waals surface area contributed by atoms with Crippen molar-refractivity contribution in [3.63, 3.8) is 0 Å². The van der Waals surface area contributed by atoms with Crippen molar-refractivity contribution in [1.29, 1.82) is 0 Å². The van der Waals surface area contributed by atoms with Crippen molar-refractivity contribution in [2.45, 2.75) is 6.18 Å². The van der Waals surface area contributed by atoms with Gasteiger partial charge in [-0.25, -0.2) is 4.98 Å². The molecule has 0 fully saturated rings. The van der Waals surface area contributed by atoms with Crippen LogP contribution in [-0.2, 0) is 6.18 Å². The van der Waals surface area contributed by atoms with E-state index in [0.29, 0.717) is 0 Å². The highest BCUT2D eigenvalue weighted by atomic mass is 35.5. The molecule has 5 heteroatoms. The minimum absolute atomic E-state index is 0.150. The van der Waals surface area contributed by atoms with Crippen LogP contribution in [0.3, 0.4) is 0 Å². The lowest BCUT2D eigenvalue weighted by Gasteiger charge is -2.07. The van der Waals surface area contributed by atoms with E-state index in [-0.39, 0.29) is 5.69 Å². The highest BCUT2D eigenvalue weighted by molar-refractivity contribution is 6.31. The molecule has 0 aromatic carbocycles. The van der Waals surface area contributed by atoms with Gasteiger partial charge in [-0.1, -0.05) is 18.2 Å². The quantitative estimate of drug-likeness (QED) is 0.688. The van der Waals surface area contributed by atoms with E-state index in [9.17, 15) is 13.2 Å². The van der Waals surface area contributed by atoms with Crippen molar-refractivity contribution in [1.82, 2.24) is 4.98 Å². The van der Waals surface area contributed by atoms with Gasteiger partial charge in [0.15, 0.2) is 5.69 Å². The number of hydrogen-bond acceptors (Lipinski definition) is 1. The van der Waals surface area contributed by atoms with Crippen LogP contribution >= 0.6 is 11.6 Å². The van der Waals surface area contributed by atoms with E-state index in [0.717, 1.165) is 6.07 Å². The smallest absolute Gasteiger partial charge is 0.242 e. The molecule has 1 rings (SSSR count). The number of hydrogen-bond donors (Lipinski definition) is 0. The standard InChI is InChI=1S/C8H5ClF3N/c1-2-5-3-4-6(9)7(13-5)8(10,11)12/h2-4H,1H2. The summed E-state index contributed by atoms with van der Waals surface area (Å²) in [6.07, 6.45) is -3.29.